The van der Waals surface area contributed by atoms with Crippen molar-refractivity contribution in [2.24, 2.45) is 0 Å². The Kier molecular flexibility index (Phi) is 9.61. The number of aliphatic hydroxyl groups excluding tert-OH is 2. The molecule has 0 amide bonds. The molecule has 3 aromatic rings. The molecule has 0 radical (unpaired) electrons. The van der Waals surface area contributed by atoms with E-state index in [1.807, 2.05) is 6.92 Å². The van der Waals surface area contributed by atoms with Gasteiger partial charge in [0, 0.05) is 29.2 Å². The number of aromatic hydroxyl groups is 1. The number of carbonyl (C=O) groups excluding carboxylic acids is 3. The molecule has 0 bridgehead atoms. The third-order valence-corrected chi connectivity index (χ3v) is 10.0. The fraction of sp³-hybridized carbons (Fsp3) is 0.351. The van der Waals surface area contributed by atoms with Crippen molar-refractivity contribution in [3.05, 3.63) is 107 Å². The molecule has 1 heterocycles. The molecule has 0 aromatic heterocycles. The molecule has 0 saturated carbocycles. The van der Waals surface area contributed by atoms with Crippen molar-refractivity contribution >= 4 is 23.9 Å². The third-order valence-electron chi connectivity index (χ3n) is 10.0. The maximum Gasteiger partial charge on any atom is 0.353 e. The second-order valence-corrected chi connectivity index (χ2v) is 12.7. The van der Waals surface area contributed by atoms with E-state index in [2.05, 4.69) is 5.32 Å². The molecule has 2 aliphatic carbocycles. The maximum absolute atomic E-state index is 13.3. The van der Waals surface area contributed by atoms with Crippen molar-refractivity contribution in [1.29, 1.82) is 0 Å². The van der Waals surface area contributed by atoms with Crippen LogP contribution >= 0.6 is 0 Å². The van der Waals surface area contributed by atoms with Gasteiger partial charge in [0.25, 0.3) is 0 Å². The quantitative estimate of drug-likeness (QED) is 0.117. The Morgan fingerprint density at radius 2 is 1.47 bits per heavy atom. The first-order chi connectivity index (χ1) is 24.4. The summed E-state index contributed by atoms with van der Waals surface area (Å²) < 4.78 is 22.2. The van der Waals surface area contributed by atoms with Crippen LogP contribution in [0.15, 0.2) is 84.6 Å². The SMILES string of the molecule is CC[C@]12c3c4ccc(O)c3O[C@H]1C(OC(=O)[C@H](O)[C@@H](O)C(=O)O[C@H](C(=O)O[C@H](C(=O)O)c1ccccc1)c1ccccc1)=CC[C@@]2(O)[C@H](NC)C4. The van der Waals surface area contributed by atoms with Gasteiger partial charge in [-0.2, -0.15) is 0 Å². The molecular formula is C37H37NO13. The van der Waals surface area contributed by atoms with Gasteiger partial charge in [-0.05, 0) is 37.6 Å². The number of ether oxygens (including phenoxy) is 4. The van der Waals surface area contributed by atoms with Crippen LogP contribution in [0.5, 0.6) is 11.5 Å². The van der Waals surface area contributed by atoms with Gasteiger partial charge in [0.15, 0.2) is 29.8 Å². The lowest BCUT2D eigenvalue weighted by atomic mass is 9.52. The minimum absolute atomic E-state index is 0.00870. The van der Waals surface area contributed by atoms with Crippen LogP contribution in [0.1, 0.15) is 54.2 Å². The largest absolute Gasteiger partial charge is 0.504 e. The van der Waals surface area contributed by atoms with Crippen molar-refractivity contribution in [3.63, 3.8) is 0 Å². The third kappa shape index (κ3) is 5.89. The Balaban J connectivity index is 1.21. The Labute approximate surface area is 291 Å². The van der Waals surface area contributed by atoms with Crippen LogP contribution < -0.4 is 10.1 Å². The van der Waals surface area contributed by atoms with Crippen LogP contribution in [0, 0.1) is 0 Å². The van der Waals surface area contributed by atoms with Crippen LogP contribution in [0.4, 0.5) is 0 Å². The molecule has 14 nitrogen and oxygen atoms in total. The van der Waals surface area contributed by atoms with Crippen LogP contribution in [0.2, 0.25) is 0 Å². The number of hydrogen-bond acceptors (Lipinski definition) is 13. The van der Waals surface area contributed by atoms with E-state index in [9.17, 15) is 44.7 Å². The van der Waals surface area contributed by atoms with Crippen LogP contribution in [-0.4, -0.2) is 86.4 Å². The van der Waals surface area contributed by atoms with Crippen molar-refractivity contribution in [3.8, 4) is 11.5 Å². The number of esters is 3. The smallest absolute Gasteiger partial charge is 0.353 e. The summed E-state index contributed by atoms with van der Waals surface area (Å²) >= 11 is 0. The summed E-state index contributed by atoms with van der Waals surface area (Å²) in [5.41, 5.74) is -1.03. The maximum atomic E-state index is 13.3. The number of carboxylic acid groups (broad SMARTS) is 1. The summed E-state index contributed by atoms with van der Waals surface area (Å²) in [7, 11) is 1.72. The zero-order valence-electron chi connectivity index (χ0n) is 27.6. The first kappa shape index (κ1) is 35.5. The minimum Gasteiger partial charge on any atom is -0.504 e. The van der Waals surface area contributed by atoms with E-state index < -0.39 is 71.5 Å². The van der Waals surface area contributed by atoms with Crippen molar-refractivity contribution in [2.75, 3.05) is 7.05 Å². The van der Waals surface area contributed by atoms with Gasteiger partial charge in [0.05, 0.1) is 11.0 Å². The van der Waals surface area contributed by atoms with E-state index in [1.165, 1.54) is 48.5 Å². The van der Waals surface area contributed by atoms with Gasteiger partial charge in [0.1, 0.15) is 5.76 Å². The molecule has 1 aliphatic heterocycles. The number of carboxylic acids is 1. The Bertz CT molecular complexity index is 1860. The topological polar surface area (TPSA) is 218 Å². The van der Waals surface area contributed by atoms with Gasteiger partial charge in [-0.25, -0.2) is 19.2 Å². The minimum atomic E-state index is -2.57. The Morgan fingerprint density at radius 1 is 0.882 bits per heavy atom. The predicted octanol–water partition coefficient (Wildman–Crippen LogP) is 1.88. The van der Waals surface area contributed by atoms with Gasteiger partial charge in [-0.1, -0.05) is 73.7 Å². The van der Waals surface area contributed by atoms with E-state index in [1.54, 1.807) is 37.4 Å². The second kappa shape index (κ2) is 13.8. The number of carbonyl (C=O) groups is 4. The first-order valence-electron chi connectivity index (χ1n) is 16.3. The summed E-state index contributed by atoms with van der Waals surface area (Å²) in [6.07, 6.45) is -7.74. The Hall–Kier alpha value is -5.28. The van der Waals surface area contributed by atoms with E-state index in [4.69, 9.17) is 18.9 Å². The molecule has 51 heavy (non-hydrogen) atoms. The van der Waals surface area contributed by atoms with Gasteiger partial charge in [0.2, 0.25) is 12.2 Å². The molecular weight excluding hydrogens is 666 g/mol. The highest BCUT2D eigenvalue weighted by molar-refractivity contribution is 5.88. The van der Waals surface area contributed by atoms with Gasteiger partial charge in [-0.15, -0.1) is 0 Å². The molecule has 0 unspecified atom stereocenters. The molecule has 268 valence electrons. The number of hydrogen-bond donors (Lipinski definition) is 6. The van der Waals surface area contributed by atoms with Crippen molar-refractivity contribution in [2.45, 2.75) is 73.8 Å². The lowest BCUT2D eigenvalue weighted by Crippen LogP contribution is -2.70. The number of nitrogens with one attached hydrogen (secondary N) is 1. The molecule has 14 heteroatoms. The standard InChI is InChI=1S/C37H37NO13/c1-3-36-25-21-14-15-22(39)30(25)49-31(36)23(16-17-37(36,47)24(18-21)38-2)48-33(44)26(40)27(41)34(45)51-29(20-12-8-5-9-13-20)35(46)50-28(32(42)43)19-10-6-4-7-11-19/h4-16,24,26-29,31,38-41,47H,3,17-18H2,1-2H3,(H,42,43)/t24-,26-,27-,28+,29+,31+,36+,37-/m1/s1. The summed E-state index contributed by atoms with van der Waals surface area (Å²) in [6, 6.07) is 17.8. The number of aliphatic hydroxyl groups is 3. The molecule has 0 saturated heterocycles. The zero-order valence-corrected chi connectivity index (χ0v) is 27.6. The molecule has 6 rings (SSSR count). The average Bonchev–Trinajstić information content (AvgIpc) is 3.52. The zero-order chi connectivity index (χ0) is 36.7. The first-order valence-corrected chi connectivity index (χ1v) is 16.3. The number of benzene rings is 3. The molecule has 6 N–H and O–H groups in total. The normalized spacial score (nSPS) is 25.2. The fourth-order valence-corrected chi connectivity index (χ4v) is 7.54. The van der Waals surface area contributed by atoms with E-state index in [-0.39, 0.29) is 34.8 Å². The molecule has 0 spiro atoms. The van der Waals surface area contributed by atoms with Crippen molar-refractivity contribution < 1.29 is 63.7 Å². The lowest BCUT2D eigenvalue weighted by Gasteiger charge is -2.56. The molecule has 8 atom stereocenters. The lowest BCUT2D eigenvalue weighted by molar-refractivity contribution is -0.186. The highest BCUT2D eigenvalue weighted by Crippen LogP contribution is 2.63. The van der Waals surface area contributed by atoms with E-state index >= 15 is 0 Å². The van der Waals surface area contributed by atoms with Crippen LogP contribution in [0.25, 0.3) is 0 Å². The number of aliphatic carboxylic acids is 1. The van der Waals surface area contributed by atoms with Crippen LogP contribution in [0.3, 0.4) is 0 Å². The van der Waals surface area contributed by atoms with Gasteiger partial charge < -0.3 is 49.8 Å². The van der Waals surface area contributed by atoms with Crippen molar-refractivity contribution in [1.82, 2.24) is 5.32 Å². The second-order valence-electron chi connectivity index (χ2n) is 12.7. The highest BCUT2D eigenvalue weighted by Gasteiger charge is 2.69. The summed E-state index contributed by atoms with van der Waals surface area (Å²) in [4.78, 5) is 51.7. The fourth-order valence-electron chi connectivity index (χ4n) is 7.54. The summed E-state index contributed by atoms with van der Waals surface area (Å²) in [6.45, 7) is 1.83. The van der Waals surface area contributed by atoms with Gasteiger partial charge >= 0.3 is 23.9 Å². The predicted molar refractivity (Wildman–Crippen MR) is 175 cm³/mol. The highest BCUT2D eigenvalue weighted by atomic mass is 16.6. The number of rotatable bonds is 12. The molecule has 0 fully saturated rings. The Morgan fingerprint density at radius 3 is 2.06 bits per heavy atom. The number of phenolic OH excluding ortho intramolecular Hbond substituents is 1. The van der Waals surface area contributed by atoms with E-state index in [0.717, 1.165) is 5.56 Å². The van der Waals surface area contributed by atoms with E-state index in [0.29, 0.717) is 18.4 Å². The summed E-state index contributed by atoms with van der Waals surface area (Å²) in [5.74, 6) is -6.03. The molecule has 3 aliphatic rings. The number of phenols is 1. The monoisotopic (exact) mass is 703 g/mol. The number of likely N-dealkylation sites (N-methyl/N-ethyl adjacent to an activating group) is 1. The van der Waals surface area contributed by atoms with Gasteiger partial charge in [-0.3, -0.25) is 0 Å². The average molecular weight is 704 g/mol. The van der Waals surface area contributed by atoms with Crippen LogP contribution in [-0.2, 0) is 45.2 Å². The molecule has 3 aromatic carbocycles. The summed E-state index contributed by atoms with van der Waals surface area (Å²) in [5, 5.41) is 57.4.